The summed E-state index contributed by atoms with van der Waals surface area (Å²) in [6, 6.07) is -0.546. The van der Waals surface area contributed by atoms with Crippen LogP contribution < -0.4 is 5.32 Å². The van der Waals surface area contributed by atoms with Crippen molar-refractivity contribution < 1.29 is 24.5 Å². The van der Waals surface area contributed by atoms with E-state index in [2.05, 4.69) is 55.6 Å². The average Bonchev–Trinajstić information content (AvgIpc) is 3.37. The first kappa shape index (κ1) is 69.1. The highest BCUT2D eigenvalue weighted by atomic mass is 16.5. The van der Waals surface area contributed by atoms with Gasteiger partial charge in [-0.15, -0.1) is 0 Å². The van der Waals surface area contributed by atoms with Gasteiger partial charge in [0.2, 0.25) is 5.91 Å². The molecule has 3 N–H and O–H groups in total. The van der Waals surface area contributed by atoms with Crippen LogP contribution in [0.2, 0.25) is 0 Å². The first-order valence-electron chi connectivity index (χ1n) is 31.7. The zero-order valence-corrected chi connectivity index (χ0v) is 47.7. The predicted octanol–water partition coefficient (Wildman–Crippen LogP) is 20.0. The topological polar surface area (TPSA) is 95.9 Å². The Morgan fingerprint density at radius 2 is 0.704 bits per heavy atom. The number of carbonyl (C=O) groups excluding carboxylic acids is 2. The fourth-order valence-electron chi connectivity index (χ4n) is 9.78. The lowest BCUT2D eigenvalue weighted by Crippen LogP contribution is -2.45. The third-order valence-corrected chi connectivity index (χ3v) is 14.7. The summed E-state index contributed by atoms with van der Waals surface area (Å²) in [6.07, 6.45) is 75.8. The minimum Gasteiger partial charge on any atom is -0.466 e. The number of ether oxygens (including phenoxy) is 1. The highest BCUT2D eigenvalue weighted by molar-refractivity contribution is 5.76. The number of unbranched alkanes of at least 4 members (excludes halogenated alkanes) is 42. The second-order valence-electron chi connectivity index (χ2n) is 21.7. The number of aliphatic hydroxyl groups is 2. The second-order valence-corrected chi connectivity index (χ2v) is 21.7. The van der Waals surface area contributed by atoms with Crippen molar-refractivity contribution in [3.8, 4) is 0 Å². The normalized spacial score (nSPS) is 12.8. The van der Waals surface area contributed by atoms with Gasteiger partial charge in [0.25, 0.3) is 0 Å². The third kappa shape index (κ3) is 57.2. The van der Waals surface area contributed by atoms with E-state index < -0.39 is 12.1 Å². The molecule has 418 valence electrons. The maximum absolute atomic E-state index is 12.5. The molecule has 0 saturated carbocycles. The lowest BCUT2D eigenvalue weighted by atomic mass is 10.0. The van der Waals surface area contributed by atoms with Crippen molar-refractivity contribution >= 4 is 11.9 Å². The van der Waals surface area contributed by atoms with Crippen LogP contribution in [0, 0.1) is 0 Å². The summed E-state index contributed by atoms with van der Waals surface area (Å²) in [5, 5.41) is 23.2. The quantitative estimate of drug-likeness (QED) is 0.0321. The van der Waals surface area contributed by atoms with Crippen molar-refractivity contribution in [2.75, 3.05) is 13.2 Å². The van der Waals surface area contributed by atoms with Gasteiger partial charge in [-0.05, 0) is 83.5 Å². The Balaban J connectivity index is 3.40. The molecule has 0 aliphatic carbocycles. The molecule has 1 amide bonds. The van der Waals surface area contributed by atoms with Crippen LogP contribution in [0.1, 0.15) is 341 Å². The van der Waals surface area contributed by atoms with E-state index in [1.165, 1.54) is 257 Å². The van der Waals surface area contributed by atoms with E-state index in [-0.39, 0.29) is 18.5 Å². The molecule has 0 aliphatic heterocycles. The number of aliphatic hydroxyl groups excluding tert-OH is 2. The number of hydrogen-bond donors (Lipinski definition) is 3. The molecule has 71 heavy (non-hydrogen) atoms. The molecule has 0 aliphatic rings. The first-order valence-corrected chi connectivity index (χ1v) is 31.7. The number of carbonyl (C=O) groups is 2. The molecule has 6 nitrogen and oxygen atoms in total. The van der Waals surface area contributed by atoms with Gasteiger partial charge in [-0.2, -0.15) is 0 Å². The van der Waals surface area contributed by atoms with Crippen LogP contribution in [0.25, 0.3) is 0 Å². The number of allylic oxidation sites excluding steroid dienone is 6. The average molecular weight is 999 g/mol. The van der Waals surface area contributed by atoms with Crippen LogP contribution in [0.3, 0.4) is 0 Å². The third-order valence-electron chi connectivity index (χ3n) is 14.7. The van der Waals surface area contributed by atoms with Gasteiger partial charge in [-0.3, -0.25) is 9.59 Å². The number of hydrogen-bond acceptors (Lipinski definition) is 5. The lowest BCUT2D eigenvalue weighted by Gasteiger charge is -2.22. The van der Waals surface area contributed by atoms with Crippen molar-refractivity contribution in [3.05, 3.63) is 36.5 Å². The van der Waals surface area contributed by atoms with Gasteiger partial charge in [0.15, 0.2) is 0 Å². The van der Waals surface area contributed by atoms with Crippen LogP contribution in [0.5, 0.6) is 0 Å². The van der Waals surface area contributed by atoms with Crippen molar-refractivity contribution in [2.45, 2.75) is 353 Å². The zero-order chi connectivity index (χ0) is 51.4. The van der Waals surface area contributed by atoms with Crippen LogP contribution in [0.4, 0.5) is 0 Å². The van der Waals surface area contributed by atoms with E-state index in [1.54, 1.807) is 0 Å². The number of nitrogens with one attached hydrogen (secondary N) is 1. The van der Waals surface area contributed by atoms with Crippen LogP contribution in [0.15, 0.2) is 36.5 Å². The Morgan fingerprint density at radius 1 is 0.394 bits per heavy atom. The van der Waals surface area contributed by atoms with Gasteiger partial charge in [0.05, 0.1) is 25.4 Å². The van der Waals surface area contributed by atoms with E-state index >= 15 is 0 Å². The summed E-state index contributed by atoms with van der Waals surface area (Å²) in [4.78, 5) is 24.6. The molecular weight excluding hydrogens is 875 g/mol. The van der Waals surface area contributed by atoms with Crippen molar-refractivity contribution in [1.29, 1.82) is 0 Å². The minimum absolute atomic E-state index is 0.00428. The summed E-state index contributed by atoms with van der Waals surface area (Å²) in [7, 11) is 0. The molecular formula is C65H123NO5. The smallest absolute Gasteiger partial charge is 0.305 e. The lowest BCUT2D eigenvalue weighted by molar-refractivity contribution is -0.143. The standard InChI is InChI=1S/C65H123NO5/c1-3-5-7-9-11-13-15-17-18-19-28-31-35-39-43-47-51-55-59-65(70)71-60-56-52-48-44-40-36-32-29-26-24-22-20-21-23-25-27-30-34-38-42-46-50-54-58-64(69)66-62(61-67)63(68)57-53-49-45-41-37-33-16-14-12-10-8-6-4-2/h13,15,18-19,23,25,62-63,67-68H,3-12,14,16-17,20-22,24,26-61H2,1-2H3,(H,66,69)/b15-13-,19-18-,25-23-. The van der Waals surface area contributed by atoms with E-state index in [4.69, 9.17) is 4.74 Å². The molecule has 0 saturated heterocycles. The van der Waals surface area contributed by atoms with Crippen molar-refractivity contribution in [2.24, 2.45) is 0 Å². The molecule has 6 heteroatoms. The largest absolute Gasteiger partial charge is 0.466 e. The van der Waals surface area contributed by atoms with Crippen LogP contribution >= 0.6 is 0 Å². The van der Waals surface area contributed by atoms with Crippen molar-refractivity contribution in [1.82, 2.24) is 5.32 Å². The van der Waals surface area contributed by atoms with Gasteiger partial charge in [0.1, 0.15) is 0 Å². The zero-order valence-electron chi connectivity index (χ0n) is 47.7. The van der Waals surface area contributed by atoms with Gasteiger partial charge >= 0.3 is 5.97 Å². The maximum atomic E-state index is 12.5. The fraction of sp³-hybridized carbons (Fsp3) is 0.877. The summed E-state index contributed by atoms with van der Waals surface area (Å²) >= 11 is 0. The summed E-state index contributed by atoms with van der Waals surface area (Å²) < 4.78 is 5.49. The van der Waals surface area contributed by atoms with Crippen LogP contribution in [-0.4, -0.2) is 47.4 Å². The van der Waals surface area contributed by atoms with Crippen molar-refractivity contribution in [3.63, 3.8) is 0 Å². The Kier molecular flexibility index (Phi) is 59.0. The van der Waals surface area contributed by atoms with E-state index in [1.807, 2.05) is 0 Å². The molecule has 0 aromatic carbocycles. The monoisotopic (exact) mass is 998 g/mol. The molecule has 0 fully saturated rings. The predicted molar refractivity (Wildman–Crippen MR) is 310 cm³/mol. The Morgan fingerprint density at radius 3 is 1.10 bits per heavy atom. The Hall–Kier alpha value is -1.92. The number of amides is 1. The number of esters is 1. The molecule has 0 heterocycles. The fourth-order valence-corrected chi connectivity index (χ4v) is 9.78. The molecule has 0 bridgehead atoms. The van der Waals surface area contributed by atoms with Gasteiger partial charge in [-0.1, -0.05) is 281 Å². The Bertz CT molecular complexity index is 1150. The molecule has 0 aromatic rings. The Labute approximate surface area is 443 Å². The summed E-state index contributed by atoms with van der Waals surface area (Å²) in [6.45, 7) is 4.94. The summed E-state index contributed by atoms with van der Waals surface area (Å²) in [5.74, 6) is -0.0365. The van der Waals surface area contributed by atoms with Crippen LogP contribution in [-0.2, 0) is 14.3 Å². The second kappa shape index (κ2) is 60.6. The van der Waals surface area contributed by atoms with E-state index in [9.17, 15) is 19.8 Å². The van der Waals surface area contributed by atoms with E-state index in [0.717, 1.165) is 51.4 Å². The first-order chi connectivity index (χ1) is 35.0. The molecule has 2 atom stereocenters. The molecule has 0 radical (unpaired) electrons. The highest BCUT2D eigenvalue weighted by Gasteiger charge is 2.20. The molecule has 0 aromatic heterocycles. The molecule has 0 rings (SSSR count). The molecule has 0 spiro atoms. The van der Waals surface area contributed by atoms with E-state index in [0.29, 0.717) is 25.9 Å². The maximum Gasteiger partial charge on any atom is 0.305 e. The molecule has 2 unspecified atom stereocenters. The minimum atomic E-state index is -0.668. The van der Waals surface area contributed by atoms with Gasteiger partial charge < -0.3 is 20.3 Å². The SMILES string of the molecule is CCCCCC/C=C\C/C=C\CCCCCCCCCC(=O)OCCCCCCCCCCCCCC/C=C\CCCCCCCCCC(=O)NC(CO)C(O)CCCCCCCCCCCCCCC. The highest BCUT2D eigenvalue weighted by Crippen LogP contribution is 2.17. The number of rotatable bonds is 59. The van der Waals surface area contributed by atoms with Gasteiger partial charge in [0, 0.05) is 12.8 Å². The van der Waals surface area contributed by atoms with Gasteiger partial charge in [-0.25, -0.2) is 0 Å². The summed E-state index contributed by atoms with van der Waals surface area (Å²) in [5.41, 5.74) is 0.